The fourth-order valence-electron chi connectivity index (χ4n) is 2.45. The number of anilines is 2. The Morgan fingerprint density at radius 2 is 2.00 bits per heavy atom. The van der Waals surface area contributed by atoms with Gasteiger partial charge in [-0.1, -0.05) is 41.3 Å². The van der Waals surface area contributed by atoms with Gasteiger partial charge < -0.3 is 10.6 Å². The molecule has 9 heteroatoms. The van der Waals surface area contributed by atoms with Crippen molar-refractivity contribution in [3.05, 3.63) is 41.7 Å². The van der Waals surface area contributed by atoms with E-state index in [9.17, 15) is 4.79 Å². The lowest BCUT2D eigenvalue weighted by molar-refractivity contribution is -0.115. The lowest BCUT2D eigenvalue weighted by Crippen LogP contribution is -2.13. The van der Waals surface area contributed by atoms with Gasteiger partial charge in [0.2, 0.25) is 11.0 Å². The SMILES string of the molecule is CNc1nnc(SCCC(=O)Nc2c(C)nn(-c3ccccc3)c2C)s1. The normalized spacial score (nSPS) is 10.7. The van der Waals surface area contributed by atoms with E-state index in [2.05, 4.69) is 25.9 Å². The number of aromatic nitrogens is 4. The second kappa shape index (κ2) is 8.33. The Labute approximate surface area is 160 Å². The van der Waals surface area contributed by atoms with Gasteiger partial charge in [-0.2, -0.15) is 5.10 Å². The molecule has 0 aliphatic rings. The number of rotatable bonds is 7. The molecule has 3 rings (SSSR count). The minimum absolute atomic E-state index is 0.0327. The largest absolute Gasteiger partial charge is 0.363 e. The minimum Gasteiger partial charge on any atom is -0.363 e. The molecule has 0 fully saturated rings. The van der Waals surface area contributed by atoms with Crippen LogP contribution in [-0.2, 0) is 4.79 Å². The lowest BCUT2D eigenvalue weighted by atomic mass is 10.3. The van der Waals surface area contributed by atoms with Crippen LogP contribution in [-0.4, -0.2) is 38.7 Å². The third kappa shape index (κ3) is 4.23. The van der Waals surface area contributed by atoms with Gasteiger partial charge in [0.25, 0.3) is 0 Å². The van der Waals surface area contributed by atoms with Crippen molar-refractivity contribution in [3.63, 3.8) is 0 Å². The smallest absolute Gasteiger partial charge is 0.225 e. The van der Waals surface area contributed by atoms with Crippen molar-refractivity contribution in [2.75, 3.05) is 23.4 Å². The first-order valence-electron chi connectivity index (χ1n) is 8.14. The van der Waals surface area contributed by atoms with Crippen LogP contribution in [0.3, 0.4) is 0 Å². The number of amides is 1. The molecule has 0 aliphatic carbocycles. The number of nitrogens with one attached hydrogen (secondary N) is 2. The van der Waals surface area contributed by atoms with E-state index >= 15 is 0 Å². The molecule has 1 aromatic carbocycles. The Kier molecular flexibility index (Phi) is 5.89. The molecule has 0 atom stereocenters. The van der Waals surface area contributed by atoms with Crippen LogP contribution >= 0.6 is 23.1 Å². The molecule has 7 nitrogen and oxygen atoms in total. The molecular weight excluding hydrogens is 368 g/mol. The molecular formula is C17H20N6OS2. The number of hydrogen-bond acceptors (Lipinski definition) is 7. The molecule has 0 spiro atoms. The van der Waals surface area contributed by atoms with Gasteiger partial charge in [0.05, 0.1) is 22.8 Å². The zero-order valence-electron chi connectivity index (χ0n) is 14.8. The van der Waals surface area contributed by atoms with Gasteiger partial charge >= 0.3 is 0 Å². The van der Waals surface area contributed by atoms with E-state index in [0.717, 1.165) is 32.2 Å². The van der Waals surface area contributed by atoms with Crippen molar-refractivity contribution in [3.8, 4) is 5.69 Å². The van der Waals surface area contributed by atoms with E-state index in [4.69, 9.17) is 0 Å². The highest BCUT2D eigenvalue weighted by Gasteiger charge is 2.15. The van der Waals surface area contributed by atoms with Crippen molar-refractivity contribution in [1.82, 2.24) is 20.0 Å². The number of thioether (sulfide) groups is 1. The number of nitrogens with zero attached hydrogens (tertiary/aromatic N) is 4. The monoisotopic (exact) mass is 388 g/mol. The van der Waals surface area contributed by atoms with Gasteiger partial charge in [0, 0.05) is 19.2 Å². The summed E-state index contributed by atoms with van der Waals surface area (Å²) in [5, 5.41) is 19.3. The highest BCUT2D eigenvalue weighted by molar-refractivity contribution is 8.01. The summed E-state index contributed by atoms with van der Waals surface area (Å²) in [6.45, 7) is 3.86. The highest BCUT2D eigenvalue weighted by atomic mass is 32.2. The predicted octanol–water partition coefficient (Wildman–Crippen LogP) is 3.50. The van der Waals surface area contributed by atoms with Gasteiger partial charge in [0.1, 0.15) is 0 Å². The molecule has 2 heterocycles. The molecule has 0 aliphatic heterocycles. The van der Waals surface area contributed by atoms with E-state index in [1.807, 2.05) is 55.9 Å². The highest BCUT2D eigenvalue weighted by Crippen LogP contribution is 2.26. The zero-order valence-corrected chi connectivity index (χ0v) is 16.4. The van der Waals surface area contributed by atoms with Gasteiger partial charge in [-0.3, -0.25) is 4.79 Å². The summed E-state index contributed by atoms with van der Waals surface area (Å²) in [6.07, 6.45) is 0.397. The van der Waals surface area contributed by atoms with Crippen LogP contribution in [0.25, 0.3) is 5.69 Å². The summed E-state index contributed by atoms with van der Waals surface area (Å²) < 4.78 is 2.70. The minimum atomic E-state index is -0.0327. The summed E-state index contributed by atoms with van der Waals surface area (Å²) in [6, 6.07) is 9.88. The quantitative estimate of drug-likeness (QED) is 0.603. The number of hydrogen-bond donors (Lipinski definition) is 2. The van der Waals surface area contributed by atoms with Crippen LogP contribution in [0.5, 0.6) is 0 Å². The van der Waals surface area contributed by atoms with Crippen molar-refractivity contribution < 1.29 is 4.79 Å². The van der Waals surface area contributed by atoms with Crippen molar-refractivity contribution >= 4 is 39.8 Å². The molecule has 0 radical (unpaired) electrons. The third-order valence-electron chi connectivity index (χ3n) is 3.73. The van der Waals surface area contributed by atoms with Crippen molar-refractivity contribution in [2.24, 2.45) is 0 Å². The second-order valence-electron chi connectivity index (χ2n) is 5.56. The fraction of sp³-hybridized carbons (Fsp3) is 0.294. The first-order valence-corrected chi connectivity index (χ1v) is 9.94. The first-order chi connectivity index (χ1) is 12.6. The molecule has 26 heavy (non-hydrogen) atoms. The number of carbonyl (C=O) groups excluding carboxylic acids is 1. The van der Waals surface area contributed by atoms with E-state index in [-0.39, 0.29) is 5.91 Å². The fourth-order valence-corrected chi connectivity index (χ4v) is 4.16. The van der Waals surface area contributed by atoms with E-state index < -0.39 is 0 Å². The van der Waals surface area contributed by atoms with Crippen LogP contribution in [0.1, 0.15) is 17.8 Å². The topological polar surface area (TPSA) is 84.7 Å². The van der Waals surface area contributed by atoms with E-state index in [1.54, 1.807) is 0 Å². The summed E-state index contributed by atoms with van der Waals surface area (Å²) in [7, 11) is 1.81. The Morgan fingerprint density at radius 3 is 2.69 bits per heavy atom. The van der Waals surface area contributed by atoms with Crippen molar-refractivity contribution in [1.29, 1.82) is 0 Å². The average molecular weight is 389 g/mol. The number of benzene rings is 1. The molecule has 2 aromatic heterocycles. The average Bonchev–Trinajstić information content (AvgIpc) is 3.22. The van der Waals surface area contributed by atoms with Crippen LogP contribution in [0.4, 0.5) is 10.8 Å². The molecule has 3 aromatic rings. The van der Waals surface area contributed by atoms with Crippen molar-refractivity contribution in [2.45, 2.75) is 24.6 Å². The van der Waals surface area contributed by atoms with Crippen LogP contribution in [0.2, 0.25) is 0 Å². The maximum absolute atomic E-state index is 12.3. The summed E-state index contributed by atoms with van der Waals surface area (Å²) >= 11 is 3.01. The number of carbonyl (C=O) groups is 1. The first kappa shape index (κ1) is 18.4. The van der Waals surface area contributed by atoms with E-state index in [0.29, 0.717) is 12.2 Å². The lowest BCUT2D eigenvalue weighted by Gasteiger charge is -2.07. The predicted molar refractivity (Wildman–Crippen MR) is 106 cm³/mol. The maximum Gasteiger partial charge on any atom is 0.225 e. The van der Waals surface area contributed by atoms with Gasteiger partial charge in [-0.05, 0) is 26.0 Å². The van der Waals surface area contributed by atoms with E-state index in [1.165, 1.54) is 23.1 Å². The zero-order chi connectivity index (χ0) is 18.5. The third-order valence-corrected chi connectivity index (χ3v) is 5.81. The van der Waals surface area contributed by atoms with Crippen LogP contribution in [0, 0.1) is 13.8 Å². The molecule has 0 saturated heterocycles. The Morgan fingerprint density at radius 1 is 1.23 bits per heavy atom. The van der Waals surface area contributed by atoms with Gasteiger partial charge in [0.15, 0.2) is 4.34 Å². The van der Waals surface area contributed by atoms with Crippen LogP contribution in [0.15, 0.2) is 34.7 Å². The Bertz CT molecular complexity index is 890. The molecule has 1 amide bonds. The molecule has 0 unspecified atom stereocenters. The number of para-hydroxylation sites is 1. The number of aryl methyl sites for hydroxylation is 1. The second-order valence-corrected chi connectivity index (χ2v) is 7.88. The maximum atomic E-state index is 12.3. The molecule has 0 bridgehead atoms. The Hall–Kier alpha value is -2.39. The summed E-state index contributed by atoms with van der Waals surface area (Å²) in [5.74, 6) is 0.615. The standard InChI is InChI=1S/C17H20N6OS2/c1-11-15(12(2)23(22-11)13-7-5-4-6-8-13)19-14(24)9-10-25-17-21-20-16(18-3)26-17/h4-8H,9-10H2,1-3H3,(H,18,20)(H,19,24). The molecule has 2 N–H and O–H groups in total. The summed E-state index contributed by atoms with van der Waals surface area (Å²) in [5.41, 5.74) is 3.46. The molecule has 0 saturated carbocycles. The van der Waals surface area contributed by atoms with Crippen LogP contribution < -0.4 is 10.6 Å². The van der Waals surface area contributed by atoms with Gasteiger partial charge in [-0.25, -0.2) is 4.68 Å². The summed E-state index contributed by atoms with van der Waals surface area (Å²) in [4.78, 5) is 12.3. The molecule has 136 valence electrons. The van der Waals surface area contributed by atoms with Gasteiger partial charge in [-0.15, -0.1) is 10.2 Å². The Balaban J connectivity index is 1.60.